The summed E-state index contributed by atoms with van der Waals surface area (Å²) < 4.78 is 4.92. The Bertz CT molecular complexity index is 968. The standard InChI is InChI=1S/C18H14N2O5S/c1-10-6-7-13-15(8-10)26-16(18(22)19-13)9-12-4-3-5-14(25-11(2)21)17(12)20(23)24/h3-9H,1-2H3,(H,19,22). The first kappa shape index (κ1) is 17.7. The van der Waals surface area contributed by atoms with Gasteiger partial charge >= 0.3 is 11.7 Å². The number of benzene rings is 2. The number of hydrogen-bond donors (Lipinski definition) is 1. The van der Waals surface area contributed by atoms with Gasteiger partial charge in [-0.2, -0.15) is 0 Å². The predicted molar refractivity (Wildman–Crippen MR) is 98.0 cm³/mol. The van der Waals surface area contributed by atoms with Crippen LogP contribution in [0.2, 0.25) is 0 Å². The van der Waals surface area contributed by atoms with Crippen LogP contribution < -0.4 is 10.1 Å². The fourth-order valence-electron chi connectivity index (χ4n) is 2.49. The van der Waals surface area contributed by atoms with Crippen LogP contribution in [0.15, 0.2) is 46.2 Å². The van der Waals surface area contributed by atoms with Crippen molar-refractivity contribution in [3.05, 3.63) is 62.5 Å². The van der Waals surface area contributed by atoms with E-state index in [2.05, 4.69) is 5.32 Å². The van der Waals surface area contributed by atoms with Gasteiger partial charge in [0.15, 0.2) is 0 Å². The highest BCUT2D eigenvalue weighted by Crippen LogP contribution is 2.41. The Morgan fingerprint density at radius 2 is 2.08 bits per heavy atom. The zero-order valence-corrected chi connectivity index (χ0v) is 14.8. The smallest absolute Gasteiger partial charge is 0.318 e. The highest BCUT2D eigenvalue weighted by Gasteiger charge is 2.25. The van der Waals surface area contributed by atoms with Crippen molar-refractivity contribution in [1.82, 2.24) is 0 Å². The zero-order valence-electron chi connectivity index (χ0n) is 13.9. The number of ether oxygens (including phenoxy) is 1. The molecule has 0 spiro atoms. The number of hydrogen-bond acceptors (Lipinski definition) is 6. The summed E-state index contributed by atoms with van der Waals surface area (Å²) in [5.74, 6) is -1.17. The molecule has 0 bridgehead atoms. The Hall–Kier alpha value is -3.13. The van der Waals surface area contributed by atoms with Crippen molar-refractivity contribution in [3.8, 4) is 5.75 Å². The second-order valence-corrected chi connectivity index (χ2v) is 6.69. The van der Waals surface area contributed by atoms with Crippen molar-refractivity contribution in [2.24, 2.45) is 0 Å². The quantitative estimate of drug-likeness (QED) is 0.289. The van der Waals surface area contributed by atoms with E-state index in [0.29, 0.717) is 10.6 Å². The number of nitrogens with one attached hydrogen (secondary N) is 1. The number of nitro benzene ring substituents is 1. The van der Waals surface area contributed by atoms with E-state index in [0.717, 1.165) is 10.5 Å². The lowest BCUT2D eigenvalue weighted by Gasteiger charge is -2.19. The van der Waals surface area contributed by atoms with Gasteiger partial charge in [0.05, 0.1) is 21.1 Å². The number of amides is 1. The number of thioether (sulfide) groups is 1. The maximum Gasteiger partial charge on any atom is 0.318 e. The minimum absolute atomic E-state index is 0.158. The van der Waals surface area contributed by atoms with Gasteiger partial charge in [0.1, 0.15) is 0 Å². The van der Waals surface area contributed by atoms with Crippen LogP contribution in [-0.4, -0.2) is 16.8 Å². The minimum atomic E-state index is -0.660. The molecule has 0 radical (unpaired) electrons. The first-order chi connectivity index (χ1) is 12.3. The van der Waals surface area contributed by atoms with E-state index in [-0.39, 0.29) is 22.9 Å². The van der Waals surface area contributed by atoms with Gasteiger partial charge in [-0.15, -0.1) is 0 Å². The zero-order chi connectivity index (χ0) is 18.8. The highest BCUT2D eigenvalue weighted by atomic mass is 32.2. The molecule has 0 fully saturated rings. The maximum atomic E-state index is 12.3. The first-order valence-electron chi connectivity index (χ1n) is 7.62. The third-order valence-corrected chi connectivity index (χ3v) is 4.66. The van der Waals surface area contributed by atoms with Gasteiger partial charge in [-0.3, -0.25) is 19.7 Å². The number of nitrogens with zero attached hydrogens (tertiary/aromatic N) is 1. The molecule has 0 aliphatic carbocycles. The summed E-state index contributed by atoms with van der Waals surface area (Å²) in [5, 5.41) is 14.2. The molecule has 0 aromatic heterocycles. The van der Waals surface area contributed by atoms with E-state index in [9.17, 15) is 19.7 Å². The predicted octanol–water partition coefficient (Wildman–Crippen LogP) is 3.91. The minimum Gasteiger partial charge on any atom is -0.419 e. The van der Waals surface area contributed by atoms with Crippen molar-refractivity contribution >= 4 is 41.1 Å². The molecule has 1 aliphatic rings. The molecule has 2 aromatic rings. The number of carbonyl (C=O) groups excluding carboxylic acids is 2. The van der Waals surface area contributed by atoms with Gasteiger partial charge in [-0.05, 0) is 42.8 Å². The summed E-state index contributed by atoms with van der Waals surface area (Å²) in [4.78, 5) is 35.5. The third-order valence-electron chi connectivity index (χ3n) is 3.58. The Balaban J connectivity index is 2.06. The van der Waals surface area contributed by atoms with Crippen molar-refractivity contribution < 1.29 is 19.2 Å². The van der Waals surface area contributed by atoms with E-state index >= 15 is 0 Å². The normalized spacial score (nSPS) is 14.5. The van der Waals surface area contributed by atoms with Gasteiger partial charge in [-0.1, -0.05) is 23.9 Å². The molecule has 3 rings (SSSR count). The third kappa shape index (κ3) is 3.60. The molecule has 0 saturated heterocycles. The molecular weight excluding hydrogens is 356 g/mol. The summed E-state index contributed by atoms with van der Waals surface area (Å²) in [7, 11) is 0. The van der Waals surface area contributed by atoms with Crippen molar-refractivity contribution in [2.45, 2.75) is 18.7 Å². The van der Waals surface area contributed by atoms with E-state index in [1.54, 1.807) is 0 Å². The first-order valence-corrected chi connectivity index (χ1v) is 8.44. The highest BCUT2D eigenvalue weighted by molar-refractivity contribution is 8.04. The fraction of sp³-hybridized carbons (Fsp3) is 0.111. The van der Waals surface area contributed by atoms with Crippen molar-refractivity contribution in [3.63, 3.8) is 0 Å². The molecule has 0 atom stereocenters. The summed E-state index contributed by atoms with van der Waals surface area (Å²) in [5.41, 5.74) is 1.56. The summed E-state index contributed by atoms with van der Waals surface area (Å²) in [6.07, 6.45) is 1.43. The van der Waals surface area contributed by atoms with E-state index in [1.165, 1.54) is 43.0 Å². The molecule has 1 heterocycles. The number of para-hydroxylation sites is 1. The lowest BCUT2D eigenvalue weighted by atomic mass is 10.1. The van der Waals surface area contributed by atoms with Crippen LogP contribution >= 0.6 is 11.8 Å². The van der Waals surface area contributed by atoms with Crippen molar-refractivity contribution in [1.29, 1.82) is 0 Å². The second kappa shape index (κ2) is 7.01. The van der Waals surface area contributed by atoms with Gasteiger partial charge in [-0.25, -0.2) is 0 Å². The Labute approximate surface area is 153 Å². The molecule has 26 heavy (non-hydrogen) atoms. The van der Waals surface area contributed by atoms with Crippen LogP contribution in [0.25, 0.3) is 6.08 Å². The van der Waals surface area contributed by atoms with Gasteiger partial charge in [0.2, 0.25) is 5.75 Å². The van der Waals surface area contributed by atoms with Crippen LogP contribution in [0.5, 0.6) is 5.75 Å². The fourth-order valence-corrected chi connectivity index (χ4v) is 3.53. The molecule has 1 amide bonds. The lowest BCUT2D eigenvalue weighted by Crippen LogP contribution is -2.17. The van der Waals surface area contributed by atoms with Gasteiger partial charge < -0.3 is 10.1 Å². The SMILES string of the molecule is CC(=O)Oc1cccc(C=C2Sc3cc(C)ccc3NC2=O)c1[N+](=O)[O-]. The molecule has 0 saturated carbocycles. The summed E-state index contributed by atoms with van der Waals surface area (Å²) >= 11 is 1.23. The average Bonchev–Trinajstić information content (AvgIpc) is 2.55. The number of esters is 1. The molecule has 1 N–H and O–H groups in total. The molecule has 8 heteroatoms. The molecule has 1 aliphatic heterocycles. The molecule has 0 unspecified atom stereocenters. The Kier molecular flexibility index (Phi) is 4.77. The number of carbonyl (C=O) groups is 2. The topological polar surface area (TPSA) is 98.5 Å². The van der Waals surface area contributed by atoms with Gasteiger partial charge in [0, 0.05) is 11.8 Å². The lowest BCUT2D eigenvalue weighted by molar-refractivity contribution is -0.385. The Morgan fingerprint density at radius 3 is 2.77 bits per heavy atom. The van der Waals surface area contributed by atoms with Crippen LogP contribution in [0.3, 0.4) is 0 Å². The number of anilines is 1. The van der Waals surface area contributed by atoms with E-state index in [4.69, 9.17) is 4.74 Å². The average molecular weight is 370 g/mol. The number of fused-ring (bicyclic) bond motifs is 1. The van der Waals surface area contributed by atoms with Crippen LogP contribution in [0.4, 0.5) is 11.4 Å². The summed E-state index contributed by atoms with van der Waals surface area (Å²) in [6.45, 7) is 3.10. The molecule has 132 valence electrons. The monoisotopic (exact) mass is 370 g/mol. The number of aryl methyl sites for hydroxylation is 1. The largest absolute Gasteiger partial charge is 0.419 e. The Morgan fingerprint density at radius 1 is 1.31 bits per heavy atom. The van der Waals surface area contributed by atoms with Crippen LogP contribution in [0.1, 0.15) is 18.1 Å². The van der Waals surface area contributed by atoms with Crippen LogP contribution in [-0.2, 0) is 9.59 Å². The number of rotatable bonds is 3. The molecular formula is C18H14N2O5S. The molecule has 7 nitrogen and oxygen atoms in total. The van der Waals surface area contributed by atoms with Gasteiger partial charge in [0.25, 0.3) is 5.91 Å². The second-order valence-electron chi connectivity index (χ2n) is 5.61. The summed E-state index contributed by atoms with van der Waals surface area (Å²) in [6, 6.07) is 10.0. The van der Waals surface area contributed by atoms with Crippen molar-refractivity contribution in [2.75, 3.05) is 5.32 Å². The number of nitro groups is 1. The van der Waals surface area contributed by atoms with Crippen LogP contribution in [0, 0.1) is 17.0 Å². The van der Waals surface area contributed by atoms with E-state index < -0.39 is 10.9 Å². The maximum absolute atomic E-state index is 12.3. The van der Waals surface area contributed by atoms with E-state index in [1.807, 2.05) is 25.1 Å². The molecule has 2 aromatic carbocycles.